The maximum absolute atomic E-state index is 12.1. The van der Waals surface area contributed by atoms with Crippen molar-refractivity contribution in [2.24, 2.45) is 5.10 Å². The van der Waals surface area contributed by atoms with Crippen LogP contribution < -0.4 is 25.5 Å². The van der Waals surface area contributed by atoms with Gasteiger partial charge in [-0.05, 0) is 45.8 Å². The second kappa shape index (κ2) is 10.8. The number of anilines is 1. The number of hydrazone groups is 1. The number of methoxy groups -OCH3 is 1. The molecule has 0 aromatic heterocycles. The Morgan fingerprint density at radius 1 is 1.14 bits per heavy atom. The molecule has 3 amide bonds. The van der Waals surface area contributed by atoms with Crippen LogP contribution in [0.4, 0.5) is 5.69 Å². The number of ether oxygens (including phenoxy) is 2. The minimum absolute atomic E-state index is 0.223. The molecule has 0 heterocycles. The number of rotatable bonds is 7. The summed E-state index contributed by atoms with van der Waals surface area (Å²) < 4.78 is 11.4. The third-order valence-corrected chi connectivity index (χ3v) is 4.06. The maximum atomic E-state index is 12.1. The predicted octanol–water partition coefficient (Wildman–Crippen LogP) is 1.67. The van der Waals surface area contributed by atoms with Gasteiger partial charge in [-0.25, -0.2) is 5.43 Å². The fourth-order valence-electron chi connectivity index (χ4n) is 2.14. The minimum atomic E-state index is -0.890. The molecule has 0 atom stereocenters. The van der Waals surface area contributed by atoms with Gasteiger partial charge in [-0.1, -0.05) is 18.2 Å². The monoisotopic (exact) mass is 462 g/mol. The van der Waals surface area contributed by atoms with Crippen molar-refractivity contribution in [2.75, 3.05) is 26.1 Å². The van der Waals surface area contributed by atoms with Gasteiger partial charge in [-0.15, -0.1) is 0 Å². The van der Waals surface area contributed by atoms with Crippen molar-refractivity contribution in [3.63, 3.8) is 0 Å². The largest absolute Gasteiger partial charge is 0.493 e. The number of nitrogens with one attached hydrogen (secondary N) is 3. The Balaban J connectivity index is 2.03. The van der Waals surface area contributed by atoms with Gasteiger partial charge < -0.3 is 20.1 Å². The first-order chi connectivity index (χ1) is 13.9. The van der Waals surface area contributed by atoms with Crippen LogP contribution in [0.1, 0.15) is 5.56 Å². The van der Waals surface area contributed by atoms with E-state index in [0.29, 0.717) is 27.2 Å². The number of carbonyl (C=O) groups is 3. The van der Waals surface area contributed by atoms with Crippen LogP contribution in [0, 0.1) is 0 Å². The van der Waals surface area contributed by atoms with E-state index in [1.54, 1.807) is 24.3 Å². The van der Waals surface area contributed by atoms with Crippen molar-refractivity contribution in [3.8, 4) is 11.5 Å². The van der Waals surface area contributed by atoms with E-state index in [-0.39, 0.29) is 12.5 Å². The van der Waals surface area contributed by atoms with Crippen LogP contribution in [0.25, 0.3) is 0 Å². The number of hydrogen-bond acceptors (Lipinski definition) is 6. The lowest BCUT2D eigenvalue weighted by molar-refractivity contribution is -0.138. The number of benzene rings is 2. The molecule has 0 aliphatic carbocycles. The first-order valence-corrected chi connectivity index (χ1v) is 9.14. The fraction of sp³-hybridized carbons (Fsp3) is 0.158. The number of amides is 3. The van der Waals surface area contributed by atoms with Gasteiger partial charge >= 0.3 is 11.8 Å². The van der Waals surface area contributed by atoms with E-state index < -0.39 is 11.8 Å². The van der Waals surface area contributed by atoms with Gasteiger partial charge in [0.1, 0.15) is 0 Å². The average molecular weight is 463 g/mol. The SMILES string of the molecule is CNC(=O)C(=O)N/N=C\c1cc(Br)c(OCC(=O)Nc2ccccc2)c(OC)c1. The van der Waals surface area contributed by atoms with E-state index in [4.69, 9.17) is 9.47 Å². The molecule has 0 aliphatic heterocycles. The lowest BCUT2D eigenvalue weighted by Gasteiger charge is -2.13. The topological polar surface area (TPSA) is 118 Å². The number of nitrogens with zero attached hydrogens (tertiary/aromatic N) is 1. The molecule has 0 spiro atoms. The van der Waals surface area contributed by atoms with Gasteiger partial charge in [0.05, 0.1) is 17.8 Å². The Hall–Kier alpha value is -3.40. The summed E-state index contributed by atoms with van der Waals surface area (Å²) in [5.74, 6) is -1.33. The standard InChI is InChI=1S/C19H19BrN4O5/c1-21-18(26)19(27)24-22-10-12-8-14(20)17(15(9-12)28-2)29-11-16(25)23-13-6-4-3-5-7-13/h3-10H,11H2,1-2H3,(H,21,26)(H,23,25)(H,24,27)/b22-10-. The third-order valence-electron chi connectivity index (χ3n) is 3.47. The smallest absolute Gasteiger partial charge is 0.329 e. The van der Waals surface area contributed by atoms with Gasteiger partial charge in [0, 0.05) is 12.7 Å². The Bertz CT molecular complexity index is 918. The summed E-state index contributed by atoms with van der Waals surface area (Å²) in [7, 11) is 2.79. The highest BCUT2D eigenvalue weighted by Gasteiger charge is 2.14. The molecule has 152 valence electrons. The second-order valence-corrected chi connectivity index (χ2v) is 6.37. The van der Waals surface area contributed by atoms with Crippen molar-refractivity contribution >= 4 is 45.6 Å². The molecule has 2 aromatic rings. The Morgan fingerprint density at radius 3 is 2.52 bits per heavy atom. The molecule has 0 bridgehead atoms. The van der Waals surface area contributed by atoms with E-state index in [1.807, 2.05) is 18.2 Å². The molecule has 0 unspecified atom stereocenters. The van der Waals surface area contributed by atoms with Crippen molar-refractivity contribution < 1.29 is 23.9 Å². The summed E-state index contributed by atoms with van der Waals surface area (Å²) >= 11 is 3.36. The minimum Gasteiger partial charge on any atom is -0.493 e. The second-order valence-electron chi connectivity index (χ2n) is 5.52. The molecule has 3 N–H and O–H groups in total. The first-order valence-electron chi connectivity index (χ1n) is 8.35. The summed E-state index contributed by atoms with van der Waals surface area (Å²) in [4.78, 5) is 34.5. The molecule has 10 heteroatoms. The molecule has 9 nitrogen and oxygen atoms in total. The maximum Gasteiger partial charge on any atom is 0.329 e. The molecule has 0 fully saturated rings. The highest BCUT2D eigenvalue weighted by Crippen LogP contribution is 2.36. The highest BCUT2D eigenvalue weighted by molar-refractivity contribution is 9.10. The third kappa shape index (κ3) is 6.61. The number of para-hydroxylation sites is 1. The molecule has 0 radical (unpaired) electrons. The van der Waals surface area contributed by atoms with Gasteiger partial charge in [0.2, 0.25) is 0 Å². The normalized spacial score (nSPS) is 10.3. The van der Waals surface area contributed by atoms with Crippen LogP contribution in [0.15, 0.2) is 52.0 Å². The molecule has 0 aliphatic rings. The number of hydrogen-bond donors (Lipinski definition) is 3. The van der Waals surface area contributed by atoms with E-state index in [9.17, 15) is 14.4 Å². The zero-order chi connectivity index (χ0) is 21.2. The summed E-state index contributed by atoms with van der Waals surface area (Å²) in [6, 6.07) is 12.3. The van der Waals surface area contributed by atoms with Crippen LogP contribution >= 0.6 is 15.9 Å². The van der Waals surface area contributed by atoms with Crippen molar-refractivity contribution in [1.82, 2.24) is 10.7 Å². The van der Waals surface area contributed by atoms with Crippen molar-refractivity contribution in [2.45, 2.75) is 0 Å². The Morgan fingerprint density at radius 2 is 1.86 bits per heavy atom. The number of halogens is 1. The summed E-state index contributed by atoms with van der Waals surface area (Å²) in [6.45, 7) is -0.223. The van der Waals surface area contributed by atoms with E-state index in [2.05, 4.69) is 37.1 Å². The molecular formula is C19H19BrN4O5. The zero-order valence-corrected chi connectivity index (χ0v) is 17.3. The molecular weight excluding hydrogens is 444 g/mol. The highest BCUT2D eigenvalue weighted by atomic mass is 79.9. The predicted molar refractivity (Wildman–Crippen MR) is 111 cm³/mol. The summed E-state index contributed by atoms with van der Waals surface area (Å²) in [6.07, 6.45) is 1.33. The van der Waals surface area contributed by atoms with E-state index in [1.165, 1.54) is 20.4 Å². The van der Waals surface area contributed by atoms with Crippen LogP contribution in [0.2, 0.25) is 0 Å². The molecule has 0 saturated heterocycles. The van der Waals surface area contributed by atoms with Crippen LogP contribution in [-0.2, 0) is 14.4 Å². The number of carbonyl (C=O) groups excluding carboxylic acids is 3. The van der Waals surface area contributed by atoms with Gasteiger partial charge in [0.15, 0.2) is 18.1 Å². The first kappa shape index (κ1) is 21.9. The van der Waals surface area contributed by atoms with Gasteiger partial charge in [-0.3, -0.25) is 14.4 Å². The van der Waals surface area contributed by atoms with E-state index in [0.717, 1.165) is 0 Å². The summed E-state index contributed by atoms with van der Waals surface area (Å²) in [5.41, 5.74) is 3.32. The summed E-state index contributed by atoms with van der Waals surface area (Å²) in [5, 5.41) is 8.61. The average Bonchev–Trinajstić information content (AvgIpc) is 2.72. The van der Waals surface area contributed by atoms with Crippen LogP contribution in [-0.4, -0.2) is 44.7 Å². The Labute approximate surface area is 175 Å². The fourth-order valence-corrected chi connectivity index (χ4v) is 2.71. The molecule has 2 rings (SSSR count). The van der Waals surface area contributed by atoms with E-state index >= 15 is 0 Å². The van der Waals surface area contributed by atoms with Crippen molar-refractivity contribution in [3.05, 3.63) is 52.5 Å². The quantitative estimate of drug-likeness (QED) is 0.328. The van der Waals surface area contributed by atoms with Crippen LogP contribution in [0.3, 0.4) is 0 Å². The molecule has 0 saturated carbocycles. The van der Waals surface area contributed by atoms with Gasteiger partial charge in [0.25, 0.3) is 5.91 Å². The van der Waals surface area contributed by atoms with Gasteiger partial charge in [-0.2, -0.15) is 5.10 Å². The number of likely N-dealkylation sites (N-methyl/N-ethyl adjacent to an activating group) is 1. The molecule has 29 heavy (non-hydrogen) atoms. The lowest BCUT2D eigenvalue weighted by atomic mass is 10.2. The molecule has 2 aromatic carbocycles. The Kier molecular flexibility index (Phi) is 8.16. The zero-order valence-electron chi connectivity index (χ0n) is 15.7. The lowest BCUT2D eigenvalue weighted by Crippen LogP contribution is -2.35. The van der Waals surface area contributed by atoms with Crippen molar-refractivity contribution in [1.29, 1.82) is 0 Å². The van der Waals surface area contributed by atoms with Crippen LogP contribution in [0.5, 0.6) is 11.5 Å².